The fraction of sp³-hybridized carbons (Fsp3) is 0.692. The normalized spacial score (nSPS) is 26.6. The van der Waals surface area contributed by atoms with Crippen molar-refractivity contribution < 1.29 is 14.3 Å². The highest BCUT2D eigenvalue weighted by Gasteiger charge is 2.34. The number of cyclic esters (lactones) is 1. The van der Waals surface area contributed by atoms with E-state index in [-0.39, 0.29) is 36.5 Å². The molecule has 3 aliphatic heterocycles. The van der Waals surface area contributed by atoms with Crippen molar-refractivity contribution in [1.29, 1.82) is 0 Å². The first-order chi connectivity index (χ1) is 9.25. The van der Waals surface area contributed by atoms with Crippen molar-refractivity contribution in [2.24, 2.45) is 0 Å². The Kier molecular flexibility index (Phi) is 4.88. The van der Waals surface area contributed by atoms with Gasteiger partial charge >= 0.3 is 6.09 Å². The van der Waals surface area contributed by atoms with E-state index in [1.807, 2.05) is 17.1 Å². The predicted octanol–water partition coefficient (Wildman–Crippen LogP) is 0.379. The Morgan fingerprint density at radius 2 is 2.05 bits per heavy atom. The molecule has 20 heavy (non-hydrogen) atoms. The summed E-state index contributed by atoms with van der Waals surface area (Å²) in [6.45, 7) is 3.39. The van der Waals surface area contributed by atoms with E-state index in [0.29, 0.717) is 13.2 Å². The first kappa shape index (κ1) is 15.1. The van der Waals surface area contributed by atoms with Gasteiger partial charge in [0, 0.05) is 25.7 Å². The maximum Gasteiger partial charge on any atom is 0.410 e. The summed E-state index contributed by atoms with van der Waals surface area (Å²) in [6, 6.07) is 0.0689. The summed E-state index contributed by atoms with van der Waals surface area (Å²) in [5.74, 6) is 0.149. The zero-order valence-electron chi connectivity index (χ0n) is 11.3. The standard InChI is InChI=1S/C13H19N3O3.ClH/c17-12(11-2-1-5-14-11)15-6-3-10(4-7-15)16-8-9-19-13(16)18;/h1-2,10-11,14H,3-9H2;1H. The molecule has 0 aromatic carbocycles. The number of hydrogen-bond donors (Lipinski definition) is 1. The zero-order chi connectivity index (χ0) is 13.2. The zero-order valence-corrected chi connectivity index (χ0v) is 12.1. The molecule has 0 aromatic heterocycles. The first-order valence-corrected chi connectivity index (χ1v) is 6.88. The largest absolute Gasteiger partial charge is 0.448 e. The van der Waals surface area contributed by atoms with Gasteiger partial charge in [0.2, 0.25) is 5.91 Å². The summed E-state index contributed by atoms with van der Waals surface area (Å²) in [4.78, 5) is 27.4. The maximum atomic E-state index is 12.2. The average Bonchev–Trinajstić information content (AvgIpc) is 3.09. The van der Waals surface area contributed by atoms with Gasteiger partial charge in [0.25, 0.3) is 0 Å². The molecule has 6 nitrogen and oxygen atoms in total. The summed E-state index contributed by atoms with van der Waals surface area (Å²) in [7, 11) is 0. The van der Waals surface area contributed by atoms with Crippen LogP contribution in [0.1, 0.15) is 12.8 Å². The number of nitrogens with zero attached hydrogens (tertiary/aromatic N) is 2. The van der Waals surface area contributed by atoms with Crippen molar-refractivity contribution in [3.63, 3.8) is 0 Å². The summed E-state index contributed by atoms with van der Waals surface area (Å²) >= 11 is 0. The molecule has 0 radical (unpaired) electrons. The molecule has 3 rings (SSSR count). The lowest BCUT2D eigenvalue weighted by molar-refractivity contribution is -0.133. The van der Waals surface area contributed by atoms with Crippen LogP contribution in [0.15, 0.2) is 12.2 Å². The molecule has 1 unspecified atom stereocenters. The van der Waals surface area contributed by atoms with Gasteiger partial charge in [-0.1, -0.05) is 12.2 Å². The molecule has 0 spiro atoms. The Morgan fingerprint density at radius 1 is 1.30 bits per heavy atom. The number of amides is 2. The molecule has 2 saturated heterocycles. The molecule has 0 aliphatic carbocycles. The molecule has 3 heterocycles. The summed E-state index contributed by atoms with van der Waals surface area (Å²) < 4.78 is 4.96. The van der Waals surface area contributed by atoms with Gasteiger partial charge in [-0.2, -0.15) is 0 Å². The summed E-state index contributed by atoms with van der Waals surface area (Å²) in [5.41, 5.74) is 0. The third-order valence-corrected chi connectivity index (χ3v) is 4.06. The molecule has 112 valence electrons. The van der Waals surface area contributed by atoms with Gasteiger partial charge in [0.05, 0.1) is 6.54 Å². The number of nitrogens with one attached hydrogen (secondary N) is 1. The number of likely N-dealkylation sites (tertiary alicyclic amines) is 1. The molecule has 0 bridgehead atoms. The molecule has 2 amide bonds. The second kappa shape index (κ2) is 6.45. The van der Waals surface area contributed by atoms with E-state index < -0.39 is 0 Å². The van der Waals surface area contributed by atoms with Gasteiger partial charge in [-0.05, 0) is 12.8 Å². The highest BCUT2D eigenvalue weighted by Crippen LogP contribution is 2.20. The number of rotatable bonds is 2. The van der Waals surface area contributed by atoms with Crippen molar-refractivity contribution in [3.8, 4) is 0 Å². The van der Waals surface area contributed by atoms with E-state index in [0.717, 1.165) is 32.5 Å². The van der Waals surface area contributed by atoms with Crippen LogP contribution in [-0.2, 0) is 9.53 Å². The smallest absolute Gasteiger partial charge is 0.410 e. The minimum atomic E-state index is -0.204. The molecule has 0 aromatic rings. The summed E-state index contributed by atoms with van der Waals surface area (Å²) in [5, 5.41) is 3.14. The molecular formula is C13H20ClN3O3. The summed E-state index contributed by atoms with van der Waals surface area (Å²) in [6.07, 6.45) is 5.39. The Hall–Kier alpha value is -1.27. The van der Waals surface area contributed by atoms with Crippen LogP contribution < -0.4 is 5.32 Å². The van der Waals surface area contributed by atoms with E-state index in [4.69, 9.17) is 4.74 Å². The molecule has 1 atom stereocenters. The minimum absolute atomic E-state index is 0. The monoisotopic (exact) mass is 301 g/mol. The van der Waals surface area contributed by atoms with Gasteiger partial charge in [0.15, 0.2) is 0 Å². The lowest BCUT2D eigenvalue weighted by atomic mass is 10.0. The highest BCUT2D eigenvalue weighted by molar-refractivity contribution is 5.85. The van der Waals surface area contributed by atoms with Crippen molar-refractivity contribution >= 4 is 24.4 Å². The first-order valence-electron chi connectivity index (χ1n) is 6.88. The van der Waals surface area contributed by atoms with Crippen LogP contribution in [0.3, 0.4) is 0 Å². The van der Waals surface area contributed by atoms with Crippen LogP contribution in [0.25, 0.3) is 0 Å². The van der Waals surface area contributed by atoms with Crippen LogP contribution in [0.5, 0.6) is 0 Å². The number of piperidine rings is 1. The van der Waals surface area contributed by atoms with E-state index in [1.54, 1.807) is 4.90 Å². The Labute approximate surface area is 124 Å². The number of carbonyl (C=O) groups excluding carboxylic acids is 2. The van der Waals surface area contributed by atoms with Crippen LogP contribution in [-0.4, -0.2) is 66.7 Å². The third-order valence-electron chi connectivity index (χ3n) is 4.06. The van der Waals surface area contributed by atoms with E-state index in [9.17, 15) is 9.59 Å². The van der Waals surface area contributed by atoms with Gasteiger partial charge in [-0.15, -0.1) is 12.4 Å². The second-order valence-electron chi connectivity index (χ2n) is 5.18. The van der Waals surface area contributed by atoms with Crippen molar-refractivity contribution in [3.05, 3.63) is 12.2 Å². The molecule has 3 aliphatic rings. The Bertz CT molecular complexity index is 408. The van der Waals surface area contributed by atoms with Gasteiger partial charge in [-0.25, -0.2) is 4.79 Å². The Morgan fingerprint density at radius 3 is 2.60 bits per heavy atom. The topological polar surface area (TPSA) is 61.9 Å². The van der Waals surface area contributed by atoms with Crippen molar-refractivity contribution in [1.82, 2.24) is 15.1 Å². The van der Waals surface area contributed by atoms with E-state index in [2.05, 4.69) is 5.32 Å². The third kappa shape index (κ3) is 2.91. The van der Waals surface area contributed by atoms with E-state index >= 15 is 0 Å². The number of carbonyl (C=O) groups is 2. The molecular weight excluding hydrogens is 282 g/mol. The van der Waals surface area contributed by atoms with Crippen LogP contribution in [0.2, 0.25) is 0 Å². The minimum Gasteiger partial charge on any atom is -0.448 e. The van der Waals surface area contributed by atoms with Gasteiger partial charge in [-0.3, -0.25) is 10.1 Å². The van der Waals surface area contributed by atoms with Crippen molar-refractivity contribution in [2.75, 3.05) is 32.8 Å². The lowest BCUT2D eigenvalue weighted by Crippen LogP contribution is -2.51. The number of ether oxygens (including phenoxy) is 1. The fourth-order valence-corrected chi connectivity index (χ4v) is 2.97. The Balaban J connectivity index is 0.00000147. The second-order valence-corrected chi connectivity index (χ2v) is 5.18. The van der Waals surface area contributed by atoms with E-state index in [1.165, 1.54) is 0 Å². The average molecular weight is 302 g/mol. The fourth-order valence-electron chi connectivity index (χ4n) is 2.97. The SMILES string of the molecule is Cl.O=C(C1C=CCN1)N1CCC(N2CCOC2=O)CC1. The highest BCUT2D eigenvalue weighted by atomic mass is 35.5. The molecule has 1 N–H and O–H groups in total. The quantitative estimate of drug-likeness (QED) is 0.749. The number of hydrogen-bond acceptors (Lipinski definition) is 4. The van der Waals surface area contributed by atoms with Crippen LogP contribution in [0, 0.1) is 0 Å². The van der Waals surface area contributed by atoms with Gasteiger partial charge in [0.1, 0.15) is 12.6 Å². The molecule has 0 saturated carbocycles. The maximum absolute atomic E-state index is 12.2. The lowest BCUT2D eigenvalue weighted by Gasteiger charge is -2.36. The molecule has 2 fully saturated rings. The predicted molar refractivity (Wildman–Crippen MR) is 75.8 cm³/mol. The van der Waals surface area contributed by atoms with Crippen molar-refractivity contribution in [2.45, 2.75) is 24.9 Å². The van der Waals surface area contributed by atoms with Crippen LogP contribution in [0.4, 0.5) is 4.79 Å². The number of halogens is 1. The molecule has 7 heteroatoms. The van der Waals surface area contributed by atoms with Gasteiger partial charge < -0.3 is 14.5 Å². The van der Waals surface area contributed by atoms with Crippen LogP contribution >= 0.6 is 12.4 Å².